The van der Waals surface area contributed by atoms with E-state index in [2.05, 4.69) is 33.6 Å². The standard InChI is InChI=1S/C25H44ClN7O2/c1-7-9-11-30(21-13-17(3)32(34)18(4)14-21)24-27-23(26)28-25(29-24)31(12-10-8-2)22-15-19(5)33(35)20(6)16-22/h17-22H,7-16H2,1-6H3. The van der Waals surface area contributed by atoms with Crippen LogP contribution in [0.15, 0.2) is 0 Å². The fourth-order valence-electron chi connectivity index (χ4n) is 5.70. The number of aromatic nitrogens is 3. The topological polar surface area (TPSA) is 91.4 Å². The van der Waals surface area contributed by atoms with Crippen LogP contribution in [0.1, 0.15) is 92.9 Å². The minimum Gasteiger partial charge on any atom is -0.338 e. The molecule has 1 aromatic heterocycles. The van der Waals surface area contributed by atoms with Crippen LogP contribution < -0.4 is 9.80 Å². The zero-order valence-electron chi connectivity index (χ0n) is 22.4. The number of hydrogen-bond acceptors (Lipinski definition) is 7. The van der Waals surface area contributed by atoms with Crippen molar-refractivity contribution in [2.75, 3.05) is 22.9 Å². The molecule has 198 valence electrons. The van der Waals surface area contributed by atoms with Crippen LogP contribution in [0, 0.1) is 0 Å². The van der Waals surface area contributed by atoms with Crippen LogP contribution in [0.5, 0.6) is 0 Å². The van der Waals surface area contributed by atoms with Crippen molar-refractivity contribution in [1.29, 1.82) is 0 Å². The Morgan fingerprint density at radius 2 is 1.06 bits per heavy atom. The van der Waals surface area contributed by atoms with Gasteiger partial charge in [-0.15, -0.1) is 20.5 Å². The van der Waals surface area contributed by atoms with Gasteiger partial charge < -0.3 is 9.80 Å². The maximum Gasteiger partial charge on any atom is 0.231 e. The van der Waals surface area contributed by atoms with Gasteiger partial charge in [0.05, 0.1) is 0 Å². The second-order valence-corrected chi connectivity index (χ2v) is 11.0. The SMILES string of the molecule is CCCCN(c1nc(Cl)nc(N(CCCC)C2CC(C)N([O])C(C)C2)n1)C1CC(C)N([O])C(C)C1. The summed E-state index contributed by atoms with van der Waals surface area (Å²) in [4.78, 5) is 18.6. The molecule has 3 rings (SSSR count). The van der Waals surface area contributed by atoms with Gasteiger partial charge in [-0.2, -0.15) is 15.0 Å². The average Bonchev–Trinajstić information content (AvgIpc) is 2.81. The van der Waals surface area contributed by atoms with E-state index in [1.165, 1.54) is 10.1 Å². The first-order chi connectivity index (χ1) is 16.7. The molecular formula is C25H44ClN7O2. The summed E-state index contributed by atoms with van der Waals surface area (Å²) in [6.45, 7) is 14.0. The normalized spacial score (nSPS) is 30.4. The predicted octanol–water partition coefficient (Wildman–Crippen LogP) is 4.91. The molecule has 0 aliphatic carbocycles. The highest BCUT2D eigenvalue weighted by Crippen LogP contribution is 2.32. The number of hydrogen-bond donors (Lipinski definition) is 0. The predicted molar refractivity (Wildman–Crippen MR) is 138 cm³/mol. The summed E-state index contributed by atoms with van der Waals surface area (Å²) in [6.07, 6.45) is 7.21. The molecule has 0 saturated carbocycles. The molecule has 0 N–H and O–H groups in total. The van der Waals surface area contributed by atoms with Crippen molar-refractivity contribution < 1.29 is 10.4 Å². The summed E-state index contributed by atoms with van der Waals surface area (Å²) >= 11 is 6.51. The first kappa shape index (κ1) is 28.3. The van der Waals surface area contributed by atoms with E-state index in [1.807, 2.05) is 27.7 Å². The van der Waals surface area contributed by atoms with E-state index in [0.29, 0.717) is 11.9 Å². The van der Waals surface area contributed by atoms with Crippen molar-refractivity contribution in [3.8, 4) is 0 Å². The molecule has 9 nitrogen and oxygen atoms in total. The molecule has 1 aromatic rings. The Balaban J connectivity index is 1.94. The zero-order chi connectivity index (χ0) is 25.7. The van der Waals surface area contributed by atoms with Crippen molar-refractivity contribution in [3.63, 3.8) is 0 Å². The average molecular weight is 510 g/mol. The maximum atomic E-state index is 12.4. The van der Waals surface area contributed by atoms with Crippen LogP contribution in [0.25, 0.3) is 0 Å². The Morgan fingerprint density at radius 1 is 0.714 bits per heavy atom. The van der Waals surface area contributed by atoms with Crippen LogP contribution in [-0.2, 0) is 10.4 Å². The van der Waals surface area contributed by atoms with Crippen LogP contribution >= 0.6 is 11.6 Å². The molecule has 0 amide bonds. The van der Waals surface area contributed by atoms with Gasteiger partial charge in [-0.1, -0.05) is 26.7 Å². The number of anilines is 2. The fraction of sp³-hybridized carbons (Fsp3) is 0.880. The van der Waals surface area contributed by atoms with Crippen molar-refractivity contribution in [1.82, 2.24) is 25.1 Å². The Morgan fingerprint density at radius 3 is 1.37 bits per heavy atom. The smallest absolute Gasteiger partial charge is 0.231 e. The molecule has 0 spiro atoms. The Labute approximate surface area is 216 Å². The lowest BCUT2D eigenvalue weighted by atomic mass is 9.93. The molecule has 2 fully saturated rings. The van der Waals surface area contributed by atoms with Crippen molar-refractivity contribution >= 4 is 23.5 Å². The van der Waals surface area contributed by atoms with Gasteiger partial charge in [-0.3, -0.25) is 0 Å². The number of piperidine rings is 2. The van der Waals surface area contributed by atoms with Gasteiger partial charge in [0.2, 0.25) is 17.2 Å². The minimum absolute atomic E-state index is 0.0500. The van der Waals surface area contributed by atoms with Gasteiger partial charge in [0.25, 0.3) is 0 Å². The molecule has 4 unspecified atom stereocenters. The number of nitrogens with zero attached hydrogens (tertiary/aromatic N) is 7. The molecule has 35 heavy (non-hydrogen) atoms. The highest BCUT2D eigenvalue weighted by atomic mass is 35.5. The van der Waals surface area contributed by atoms with Crippen molar-refractivity contribution in [2.24, 2.45) is 0 Å². The molecule has 3 heterocycles. The molecule has 4 atom stereocenters. The van der Waals surface area contributed by atoms with E-state index in [4.69, 9.17) is 16.6 Å². The van der Waals surface area contributed by atoms with E-state index in [-0.39, 0.29) is 41.5 Å². The van der Waals surface area contributed by atoms with Crippen LogP contribution in [0.4, 0.5) is 11.9 Å². The Bertz CT molecular complexity index is 719. The van der Waals surface area contributed by atoms with E-state index in [1.54, 1.807) is 0 Å². The minimum atomic E-state index is -0.0500. The van der Waals surface area contributed by atoms with Gasteiger partial charge in [0.15, 0.2) is 0 Å². The number of hydroxylamine groups is 4. The van der Waals surface area contributed by atoms with Crippen LogP contribution in [0.2, 0.25) is 5.28 Å². The summed E-state index contributed by atoms with van der Waals surface area (Å²) in [5.41, 5.74) is 0. The summed E-state index contributed by atoms with van der Waals surface area (Å²) in [6, 6.07) is 0.153. The van der Waals surface area contributed by atoms with Gasteiger partial charge in [0, 0.05) is 49.3 Å². The van der Waals surface area contributed by atoms with E-state index in [9.17, 15) is 10.4 Å². The third-order valence-corrected chi connectivity index (χ3v) is 7.84. The zero-order valence-corrected chi connectivity index (χ0v) is 23.1. The highest BCUT2D eigenvalue weighted by Gasteiger charge is 2.37. The number of unbranched alkanes of at least 4 members (excludes halogenated alkanes) is 2. The molecule has 2 aliphatic rings. The van der Waals surface area contributed by atoms with Gasteiger partial charge >= 0.3 is 0 Å². The first-order valence-electron chi connectivity index (χ1n) is 13.5. The van der Waals surface area contributed by atoms with Crippen molar-refractivity contribution in [2.45, 2.75) is 129 Å². The summed E-state index contributed by atoms with van der Waals surface area (Å²) in [5.74, 6) is 1.20. The second-order valence-electron chi connectivity index (χ2n) is 10.7. The van der Waals surface area contributed by atoms with Crippen LogP contribution in [-0.4, -0.2) is 74.4 Å². The summed E-state index contributed by atoms with van der Waals surface area (Å²) in [7, 11) is 0. The lowest BCUT2D eigenvalue weighted by Crippen LogP contribution is -2.53. The molecule has 2 radical (unpaired) electrons. The van der Waals surface area contributed by atoms with Gasteiger partial charge in [-0.25, -0.2) is 0 Å². The second kappa shape index (κ2) is 12.8. The Kier molecular flexibility index (Phi) is 10.4. The maximum absolute atomic E-state index is 12.4. The first-order valence-corrected chi connectivity index (χ1v) is 13.9. The summed E-state index contributed by atoms with van der Waals surface area (Å²) < 4.78 is 0. The van der Waals surface area contributed by atoms with Crippen LogP contribution in [0.3, 0.4) is 0 Å². The number of rotatable bonds is 10. The molecule has 0 bridgehead atoms. The van der Waals surface area contributed by atoms with Crippen molar-refractivity contribution in [3.05, 3.63) is 5.28 Å². The summed E-state index contributed by atoms with van der Waals surface area (Å²) in [5, 5.41) is 27.4. The molecule has 2 aliphatic heterocycles. The molecular weight excluding hydrogens is 466 g/mol. The monoisotopic (exact) mass is 509 g/mol. The third kappa shape index (κ3) is 6.95. The molecule has 2 saturated heterocycles. The van der Waals surface area contributed by atoms with E-state index < -0.39 is 0 Å². The quantitative estimate of drug-likeness (QED) is 0.442. The highest BCUT2D eigenvalue weighted by molar-refractivity contribution is 6.28. The Hall–Kier alpha value is -1.26. The van der Waals surface area contributed by atoms with Gasteiger partial charge in [-0.05, 0) is 77.8 Å². The lowest BCUT2D eigenvalue weighted by Gasteiger charge is -2.43. The van der Waals surface area contributed by atoms with E-state index in [0.717, 1.165) is 64.5 Å². The third-order valence-electron chi connectivity index (χ3n) is 7.68. The lowest BCUT2D eigenvalue weighted by molar-refractivity contribution is -0.223. The molecule has 10 heteroatoms. The molecule has 0 aromatic carbocycles. The fourth-order valence-corrected chi connectivity index (χ4v) is 5.85. The van der Waals surface area contributed by atoms with E-state index >= 15 is 0 Å². The van der Waals surface area contributed by atoms with Gasteiger partial charge in [0.1, 0.15) is 0 Å². The largest absolute Gasteiger partial charge is 0.338 e. The number of halogens is 1.